The summed E-state index contributed by atoms with van der Waals surface area (Å²) in [4.78, 5) is 10.9. The second kappa shape index (κ2) is 5.73. The van der Waals surface area contributed by atoms with E-state index < -0.39 is 0 Å². The molecule has 0 amide bonds. The molecule has 6 nitrogen and oxygen atoms in total. The number of hydrogen-bond donors (Lipinski definition) is 0. The third-order valence-electron chi connectivity index (χ3n) is 3.99. The Morgan fingerprint density at radius 3 is 3.00 bits per heavy atom. The predicted molar refractivity (Wildman–Crippen MR) is 79.9 cm³/mol. The van der Waals surface area contributed by atoms with Crippen LogP contribution in [0.3, 0.4) is 0 Å². The molecule has 3 aromatic heterocycles. The van der Waals surface area contributed by atoms with Crippen LogP contribution in [0.15, 0.2) is 47.6 Å². The van der Waals surface area contributed by atoms with Crippen molar-refractivity contribution in [1.82, 2.24) is 24.6 Å². The Labute approximate surface area is 128 Å². The maximum absolute atomic E-state index is 5.51. The fraction of sp³-hybridized carbons (Fsp3) is 0.312. The molecule has 0 saturated carbocycles. The molecule has 0 aliphatic carbocycles. The molecule has 0 atom stereocenters. The van der Waals surface area contributed by atoms with Gasteiger partial charge in [-0.2, -0.15) is 0 Å². The first kappa shape index (κ1) is 13.2. The largest absolute Gasteiger partial charge is 0.361 e. The minimum atomic E-state index is 0.705. The smallest absolute Gasteiger partial charge is 0.142 e. The van der Waals surface area contributed by atoms with Crippen molar-refractivity contribution in [3.8, 4) is 0 Å². The molecule has 0 bridgehead atoms. The summed E-state index contributed by atoms with van der Waals surface area (Å²) in [6, 6.07) is 6.04. The lowest BCUT2D eigenvalue weighted by atomic mass is 10.1. The molecular formula is C16H17N5O. The molecule has 6 heteroatoms. The summed E-state index contributed by atoms with van der Waals surface area (Å²) in [5, 5.41) is 4.25. The van der Waals surface area contributed by atoms with Gasteiger partial charge in [-0.05, 0) is 12.1 Å². The van der Waals surface area contributed by atoms with Crippen LogP contribution in [0.2, 0.25) is 0 Å². The van der Waals surface area contributed by atoms with Gasteiger partial charge in [0.1, 0.15) is 11.5 Å². The van der Waals surface area contributed by atoms with Crippen molar-refractivity contribution >= 4 is 0 Å². The van der Waals surface area contributed by atoms with Crippen molar-refractivity contribution in [2.24, 2.45) is 0 Å². The van der Waals surface area contributed by atoms with E-state index in [2.05, 4.69) is 26.1 Å². The van der Waals surface area contributed by atoms with Crippen molar-refractivity contribution in [3.63, 3.8) is 0 Å². The second-order valence-electron chi connectivity index (χ2n) is 5.55. The van der Waals surface area contributed by atoms with Crippen LogP contribution in [0, 0.1) is 0 Å². The fourth-order valence-corrected chi connectivity index (χ4v) is 2.85. The normalized spacial score (nSPS) is 14.9. The monoisotopic (exact) mass is 295 g/mol. The Bertz CT molecular complexity index is 735. The van der Waals surface area contributed by atoms with E-state index in [1.165, 1.54) is 5.56 Å². The van der Waals surface area contributed by atoms with Gasteiger partial charge >= 0.3 is 0 Å². The Hall–Kier alpha value is -2.47. The second-order valence-corrected chi connectivity index (χ2v) is 5.55. The molecule has 0 unspecified atom stereocenters. The number of rotatable bonds is 4. The van der Waals surface area contributed by atoms with Crippen LogP contribution in [-0.4, -0.2) is 31.1 Å². The van der Waals surface area contributed by atoms with E-state index in [4.69, 9.17) is 4.52 Å². The highest BCUT2D eigenvalue weighted by molar-refractivity contribution is 5.26. The van der Waals surface area contributed by atoms with Gasteiger partial charge in [-0.15, -0.1) is 0 Å². The first-order valence-electron chi connectivity index (χ1n) is 7.43. The molecule has 1 aliphatic heterocycles. The van der Waals surface area contributed by atoms with Crippen molar-refractivity contribution in [1.29, 1.82) is 0 Å². The molecule has 1 aliphatic rings. The summed E-state index contributed by atoms with van der Waals surface area (Å²) in [5.41, 5.74) is 3.31. The Morgan fingerprint density at radius 2 is 2.18 bits per heavy atom. The minimum absolute atomic E-state index is 0.705. The summed E-state index contributed by atoms with van der Waals surface area (Å²) in [6.45, 7) is 3.40. The molecular weight excluding hydrogens is 278 g/mol. The van der Waals surface area contributed by atoms with Crippen LogP contribution in [0.4, 0.5) is 0 Å². The quantitative estimate of drug-likeness (QED) is 0.735. The molecule has 4 heterocycles. The third kappa shape index (κ3) is 2.65. The lowest BCUT2D eigenvalue weighted by Crippen LogP contribution is -2.30. The molecule has 22 heavy (non-hydrogen) atoms. The lowest BCUT2D eigenvalue weighted by molar-refractivity contribution is 0.226. The highest BCUT2D eigenvalue weighted by Gasteiger charge is 2.24. The zero-order chi connectivity index (χ0) is 14.8. The summed E-state index contributed by atoms with van der Waals surface area (Å²) in [7, 11) is 0. The van der Waals surface area contributed by atoms with Crippen molar-refractivity contribution in [2.75, 3.05) is 6.54 Å². The number of pyridine rings is 1. The number of hydrogen-bond acceptors (Lipinski definition) is 5. The van der Waals surface area contributed by atoms with Gasteiger partial charge in [0.05, 0.1) is 18.6 Å². The van der Waals surface area contributed by atoms with E-state index in [9.17, 15) is 0 Å². The Balaban J connectivity index is 1.51. The number of aromatic nitrogens is 4. The number of fused-ring (bicyclic) bond motifs is 1. The summed E-state index contributed by atoms with van der Waals surface area (Å²) in [6.07, 6.45) is 8.26. The fourth-order valence-electron chi connectivity index (χ4n) is 2.85. The Morgan fingerprint density at radius 1 is 1.18 bits per heavy atom. The summed E-state index contributed by atoms with van der Waals surface area (Å²) in [5.74, 6) is 1.02. The van der Waals surface area contributed by atoms with Crippen LogP contribution in [0.25, 0.3) is 0 Å². The highest BCUT2D eigenvalue weighted by atomic mass is 16.5. The highest BCUT2D eigenvalue weighted by Crippen LogP contribution is 2.24. The first-order valence-corrected chi connectivity index (χ1v) is 7.43. The SMILES string of the molecule is c1ccc(CN2CCc3onc(Cn4ccnc4)c3C2)nc1. The van der Waals surface area contributed by atoms with Crippen LogP contribution < -0.4 is 0 Å². The average Bonchev–Trinajstić information content (AvgIpc) is 3.19. The predicted octanol–water partition coefficient (Wildman–Crippen LogP) is 1.87. The first-order chi connectivity index (χ1) is 10.9. The van der Waals surface area contributed by atoms with E-state index in [0.717, 1.165) is 43.2 Å². The number of nitrogens with zero attached hydrogens (tertiary/aromatic N) is 5. The van der Waals surface area contributed by atoms with E-state index in [0.29, 0.717) is 6.54 Å². The maximum atomic E-state index is 5.51. The molecule has 0 radical (unpaired) electrons. The Kier molecular flexibility index (Phi) is 3.44. The van der Waals surface area contributed by atoms with Gasteiger partial charge in [-0.1, -0.05) is 11.2 Å². The van der Waals surface area contributed by atoms with Gasteiger partial charge < -0.3 is 9.09 Å². The van der Waals surface area contributed by atoms with Crippen molar-refractivity contribution in [3.05, 3.63) is 65.8 Å². The van der Waals surface area contributed by atoms with Crippen molar-refractivity contribution < 1.29 is 4.52 Å². The molecule has 4 rings (SSSR count). The maximum Gasteiger partial charge on any atom is 0.142 e. The zero-order valence-electron chi connectivity index (χ0n) is 12.2. The van der Waals surface area contributed by atoms with E-state index in [1.807, 2.05) is 29.1 Å². The zero-order valence-corrected chi connectivity index (χ0v) is 12.2. The van der Waals surface area contributed by atoms with Crippen LogP contribution in [0.5, 0.6) is 0 Å². The summed E-state index contributed by atoms with van der Waals surface area (Å²) >= 11 is 0. The standard InChI is InChI=1S/C16H17N5O/c1-2-5-18-13(3-1)9-20-7-4-16-14(10-20)15(19-22-16)11-21-8-6-17-12-21/h1-3,5-6,8,12H,4,7,9-11H2. The van der Waals surface area contributed by atoms with Gasteiger partial charge in [-0.3, -0.25) is 9.88 Å². The third-order valence-corrected chi connectivity index (χ3v) is 3.99. The molecule has 0 saturated heterocycles. The molecule has 0 fully saturated rings. The number of imidazole rings is 1. The molecule has 0 N–H and O–H groups in total. The molecule has 0 aromatic carbocycles. The van der Waals surface area contributed by atoms with Crippen LogP contribution in [-0.2, 0) is 26.1 Å². The topological polar surface area (TPSA) is 60.0 Å². The van der Waals surface area contributed by atoms with Crippen LogP contribution in [0.1, 0.15) is 22.7 Å². The average molecular weight is 295 g/mol. The van der Waals surface area contributed by atoms with Gasteiger partial charge in [-0.25, -0.2) is 4.98 Å². The van der Waals surface area contributed by atoms with Gasteiger partial charge in [0, 0.05) is 50.2 Å². The molecule has 3 aromatic rings. The van der Waals surface area contributed by atoms with Crippen molar-refractivity contribution in [2.45, 2.75) is 26.1 Å². The van der Waals surface area contributed by atoms with Crippen LogP contribution >= 0.6 is 0 Å². The van der Waals surface area contributed by atoms with Gasteiger partial charge in [0.15, 0.2) is 0 Å². The van der Waals surface area contributed by atoms with E-state index >= 15 is 0 Å². The van der Waals surface area contributed by atoms with E-state index in [1.54, 1.807) is 12.5 Å². The summed E-state index contributed by atoms with van der Waals surface area (Å²) < 4.78 is 7.52. The minimum Gasteiger partial charge on any atom is -0.361 e. The van der Waals surface area contributed by atoms with Gasteiger partial charge in [0.2, 0.25) is 0 Å². The molecule has 112 valence electrons. The lowest BCUT2D eigenvalue weighted by Gasteiger charge is -2.25. The molecule has 0 spiro atoms. The van der Waals surface area contributed by atoms with Gasteiger partial charge in [0.25, 0.3) is 0 Å². The van der Waals surface area contributed by atoms with E-state index in [-0.39, 0.29) is 0 Å².